The molecule has 0 amide bonds. The second-order valence-electron chi connectivity index (χ2n) is 6.94. The summed E-state index contributed by atoms with van der Waals surface area (Å²) in [6, 6.07) is 12.8. The Bertz CT molecular complexity index is 778. The van der Waals surface area contributed by atoms with Gasteiger partial charge in [0.2, 0.25) is 0 Å². The van der Waals surface area contributed by atoms with Crippen LogP contribution in [-0.4, -0.2) is 21.8 Å². The van der Waals surface area contributed by atoms with Gasteiger partial charge in [-0.15, -0.1) is 0 Å². The van der Waals surface area contributed by atoms with Crippen molar-refractivity contribution in [3.05, 3.63) is 42.5 Å². The summed E-state index contributed by atoms with van der Waals surface area (Å²) < 4.78 is 30.2. The predicted molar refractivity (Wildman–Crippen MR) is 117 cm³/mol. The van der Waals surface area contributed by atoms with Gasteiger partial charge in [0.05, 0.1) is 6.61 Å². The third-order valence-corrected chi connectivity index (χ3v) is 6.13. The van der Waals surface area contributed by atoms with E-state index >= 15 is 0 Å². The third-order valence-electron chi connectivity index (χ3n) is 4.76. The van der Waals surface area contributed by atoms with Crippen molar-refractivity contribution in [2.24, 2.45) is 0 Å². The molecule has 6 heteroatoms. The number of carbonyl (C=O) groups is 1. The van der Waals surface area contributed by atoms with Crippen LogP contribution in [0.25, 0.3) is 10.8 Å². The van der Waals surface area contributed by atoms with Crippen molar-refractivity contribution in [1.82, 2.24) is 0 Å². The largest absolute Gasteiger partial charge is 1.00 e. The Kier molecular flexibility index (Phi) is 16.6. The molecule has 0 aliphatic heterocycles. The summed E-state index contributed by atoms with van der Waals surface area (Å²) in [7, 11) is -3.70. The van der Waals surface area contributed by atoms with Crippen molar-refractivity contribution in [3.8, 4) is 0 Å². The number of benzene rings is 2. The second kappa shape index (κ2) is 17.0. The molecular weight excluding hydrogens is 395 g/mol. The molecule has 158 valence electrons. The van der Waals surface area contributed by atoms with Gasteiger partial charge < -0.3 is 6.22 Å². The van der Waals surface area contributed by atoms with E-state index in [4.69, 9.17) is 8.98 Å². The fourth-order valence-electron chi connectivity index (χ4n) is 3.24. The standard InChI is InChI=1S/C22H32O3S.CH2O.Na.H/c1-2-3-4-5-6-7-8-9-10-13-19-25-26(23,24)22-18-14-16-20-15-11-12-17-21(20)22;1-2;;/h11-12,14-18H,2-10,13,19H2,1H3;1H2;;/q;;+1;-1. The zero-order valence-electron chi connectivity index (χ0n) is 19.1. The molecule has 0 N–H and O–H groups in total. The number of carbonyl (C=O) groups excluding carboxylic acids is 1. The minimum absolute atomic E-state index is 0. The van der Waals surface area contributed by atoms with Crippen molar-refractivity contribution in [2.45, 2.75) is 76.0 Å². The van der Waals surface area contributed by atoms with E-state index in [0.29, 0.717) is 0 Å². The first-order chi connectivity index (χ1) is 13.6. The molecule has 0 aromatic heterocycles. The molecule has 2 rings (SSSR count). The van der Waals surface area contributed by atoms with Crippen molar-refractivity contribution in [1.29, 1.82) is 0 Å². The van der Waals surface area contributed by atoms with Crippen LogP contribution in [0.5, 0.6) is 0 Å². The molecule has 2 aromatic carbocycles. The fraction of sp³-hybridized carbons (Fsp3) is 0.522. The average Bonchev–Trinajstić information content (AvgIpc) is 2.73. The van der Waals surface area contributed by atoms with Crippen LogP contribution in [-0.2, 0) is 19.1 Å². The van der Waals surface area contributed by atoms with Gasteiger partial charge in [0.15, 0.2) is 0 Å². The molecule has 0 bridgehead atoms. The van der Waals surface area contributed by atoms with Gasteiger partial charge in [-0.1, -0.05) is 101 Å². The van der Waals surface area contributed by atoms with E-state index in [0.717, 1.165) is 30.0 Å². The molecular formula is C23H35NaO4S. The Morgan fingerprint density at radius 1 is 0.793 bits per heavy atom. The Hall–Kier alpha value is -0.720. The van der Waals surface area contributed by atoms with E-state index in [-0.39, 0.29) is 42.5 Å². The van der Waals surface area contributed by atoms with Crippen molar-refractivity contribution >= 4 is 27.7 Å². The second-order valence-corrected chi connectivity index (χ2v) is 8.52. The minimum atomic E-state index is -3.70. The smallest absolute Gasteiger partial charge is 1.00 e. The predicted octanol–water partition coefficient (Wildman–Crippen LogP) is 3.40. The van der Waals surface area contributed by atoms with Gasteiger partial charge in [0.25, 0.3) is 10.1 Å². The zero-order valence-corrected chi connectivity index (χ0v) is 20.9. The number of hydrogen-bond acceptors (Lipinski definition) is 4. The topological polar surface area (TPSA) is 60.4 Å². The van der Waals surface area contributed by atoms with Gasteiger partial charge in [-0.3, -0.25) is 4.18 Å². The molecule has 0 fully saturated rings. The van der Waals surface area contributed by atoms with Crippen LogP contribution in [0.1, 0.15) is 72.6 Å². The van der Waals surface area contributed by atoms with Gasteiger partial charge in [0.1, 0.15) is 11.7 Å². The molecule has 0 aliphatic carbocycles. The molecule has 4 nitrogen and oxygen atoms in total. The van der Waals surface area contributed by atoms with E-state index in [1.807, 2.05) is 37.1 Å². The monoisotopic (exact) mass is 430 g/mol. The van der Waals surface area contributed by atoms with Gasteiger partial charge in [-0.2, -0.15) is 8.42 Å². The number of rotatable bonds is 13. The van der Waals surface area contributed by atoms with Gasteiger partial charge in [-0.25, -0.2) is 0 Å². The molecule has 2 aromatic rings. The quantitative estimate of drug-likeness (QED) is 0.278. The van der Waals surface area contributed by atoms with Crippen LogP contribution in [0.2, 0.25) is 0 Å². The number of unbranched alkanes of at least 4 members (excludes halogenated alkanes) is 9. The summed E-state index contributed by atoms with van der Waals surface area (Å²) in [6.45, 7) is 4.50. The summed E-state index contributed by atoms with van der Waals surface area (Å²) >= 11 is 0. The first-order valence-electron chi connectivity index (χ1n) is 10.3. The van der Waals surface area contributed by atoms with E-state index in [1.54, 1.807) is 12.1 Å². The summed E-state index contributed by atoms with van der Waals surface area (Å²) in [4.78, 5) is 8.27. The third kappa shape index (κ3) is 10.7. The minimum Gasteiger partial charge on any atom is -1.00 e. The Morgan fingerprint density at radius 2 is 1.31 bits per heavy atom. The summed E-state index contributed by atoms with van der Waals surface area (Å²) in [6.07, 6.45) is 12.2. The van der Waals surface area contributed by atoms with Crippen LogP contribution >= 0.6 is 0 Å². The van der Waals surface area contributed by atoms with Gasteiger partial charge in [0, 0.05) is 5.39 Å². The molecule has 0 saturated heterocycles. The summed E-state index contributed by atoms with van der Waals surface area (Å²) in [5, 5.41) is 1.63. The van der Waals surface area contributed by atoms with Crippen LogP contribution in [0.3, 0.4) is 0 Å². The van der Waals surface area contributed by atoms with Crippen molar-refractivity contribution < 1.29 is 48.4 Å². The van der Waals surface area contributed by atoms with Crippen LogP contribution in [0.4, 0.5) is 0 Å². The van der Waals surface area contributed by atoms with Crippen LogP contribution in [0.15, 0.2) is 47.4 Å². The van der Waals surface area contributed by atoms with Gasteiger partial charge >= 0.3 is 29.6 Å². The SMILES string of the molecule is C=O.CCCCCCCCCCCCOS(=O)(=O)c1cccc2ccccc12.[H-].[Na+]. The molecule has 29 heavy (non-hydrogen) atoms. The molecule has 0 radical (unpaired) electrons. The van der Waals surface area contributed by atoms with E-state index in [1.165, 1.54) is 44.9 Å². The average molecular weight is 431 g/mol. The first kappa shape index (κ1) is 28.3. The maximum absolute atomic E-state index is 12.5. The molecule has 0 spiro atoms. The normalized spacial score (nSPS) is 10.8. The Labute approximate surface area is 200 Å². The maximum Gasteiger partial charge on any atom is 1.00 e. The van der Waals surface area contributed by atoms with Crippen molar-refractivity contribution in [2.75, 3.05) is 6.61 Å². The summed E-state index contributed by atoms with van der Waals surface area (Å²) in [5.74, 6) is 0. The van der Waals surface area contributed by atoms with E-state index in [9.17, 15) is 8.42 Å². The van der Waals surface area contributed by atoms with E-state index in [2.05, 4.69) is 6.92 Å². The number of fused-ring (bicyclic) bond motifs is 1. The molecule has 0 atom stereocenters. The number of hydrogen-bond donors (Lipinski definition) is 0. The van der Waals surface area contributed by atoms with E-state index < -0.39 is 10.1 Å². The molecule has 0 heterocycles. The first-order valence-corrected chi connectivity index (χ1v) is 11.7. The van der Waals surface area contributed by atoms with Crippen molar-refractivity contribution in [3.63, 3.8) is 0 Å². The molecule has 0 unspecified atom stereocenters. The Balaban J connectivity index is 0. The fourth-order valence-corrected chi connectivity index (χ4v) is 4.40. The zero-order chi connectivity index (χ0) is 20.7. The van der Waals surface area contributed by atoms with Gasteiger partial charge in [-0.05, 0) is 17.9 Å². The summed E-state index contributed by atoms with van der Waals surface area (Å²) in [5.41, 5.74) is 0. The molecule has 0 aliphatic rings. The maximum atomic E-state index is 12.5. The molecule has 0 saturated carbocycles. The Morgan fingerprint density at radius 3 is 1.93 bits per heavy atom. The van der Waals surface area contributed by atoms with Crippen LogP contribution < -0.4 is 29.6 Å². The van der Waals surface area contributed by atoms with Crippen LogP contribution in [0, 0.1) is 0 Å².